The normalized spacial score (nSPS) is 37.4. The summed E-state index contributed by atoms with van der Waals surface area (Å²) in [4.78, 5) is 22.3. The molecule has 2 aliphatic rings. The summed E-state index contributed by atoms with van der Waals surface area (Å²) in [6.07, 6.45) is 3.48. The summed E-state index contributed by atoms with van der Waals surface area (Å²) in [7, 11) is 0. The third-order valence-electron chi connectivity index (χ3n) is 2.38. The molecule has 0 spiro atoms. The van der Waals surface area contributed by atoms with Crippen molar-refractivity contribution in [3.05, 3.63) is 12.2 Å². The molecule has 2 aliphatic heterocycles. The average molecular weight is 196 g/mol. The topological polar surface area (TPSA) is 55.9 Å². The molecule has 0 saturated carbocycles. The molecule has 3 unspecified atom stereocenters. The summed E-state index contributed by atoms with van der Waals surface area (Å²) < 4.78 is 10.3. The zero-order valence-corrected chi connectivity index (χ0v) is 7.93. The molecule has 0 radical (unpaired) electrons. The van der Waals surface area contributed by atoms with Crippen molar-refractivity contribution in [1.82, 2.24) is 0 Å². The number of ketones is 1. The van der Waals surface area contributed by atoms with Crippen molar-refractivity contribution in [3.63, 3.8) is 0 Å². The summed E-state index contributed by atoms with van der Waals surface area (Å²) in [6, 6.07) is 0. The predicted molar refractivity (Wildman–Crippen MR) is 47.6 cm³/mol. The monoisotopic (exact) mass is 196 g/mol. The molecule has 14 heavy (non-hydrogen) atoms. The van der Waals surface area contributed by atoms with Gasteiger partial charge in [0.1, 0.15) is 6.10 Å². The number of allylic oxidation sites excluding steroid dienone is 1. The lowest BCUT2D eigenvalue weighted by molar-refractivity contribution is -0.142. The molecule has 0 aromatic rings. The van der Waals surface area contributed by atoms with Gasteiger partial charge in [-0.1, -0.05) is 0 Å². The second-order valence-corrected chi connectivity index (χ2v) is 3.70. The van der Waals surface area contributed by atoms with Crippen LogP contribution in [0.15, 0.2) is 12.2 Å². The van der Waals surface area contributed by atoms with Crippen LogP contribution in [0.3, 0.4) is 0 Å². The molecular formula is C10H12O4. The van der Waals surface area contributed by atoms with E-state index in [0.29, 0.717) is 12.8 Å². The third kappa shape index (κ3) is 2.20. The number of hydrogen-bond donors (Lipinski definition) is 0. The summed E-state index contributed by atoms with van der Waals surface area (Å²) >= 11 is 0. The molecule has 0 bridgehead atoms. The zero-order valence-electron chi connectivity index (χ0n) is 7.93. The van der Waals surface area contributed by atoms with Gasteiger partial charge in [-0.3, -0.25) is 4.79 Å². The first-order chi connectivity index (χ1) is 6.65. The van der Waals surface area contributed by atoms with Crippen LogP contribution < -0.4 is 0 Å². The van der Waals surface area contributed by atoms with E-state index in [1.165, 1.54) is 12.2 Å². The summed E-state index contributed by atoms with van der Waals surface area (Å²) in [5.41, 5.74) is 0. The molecule has 1 fully saturated rings. The average Bonchev–Trinajstić information content (AvgIpc) is 2.79. The third-order valence-corrected chi connectivity index (χ3v) is 2.38. The zero-order chi connectivity index (χ0) is 10.1. The lowest BCUT2D eigenvalue weighted by Crippen LogP contribution is -2.18. The van der Waals surface area contributed by atoms with Crippen LogP contribution in [0.25, 0.3) is 0 Å². The van der Waals surface area contributed by atoms with E-state index in [9.17, 15) is 9.59 Å². The van der Waals surface area contributed by atoms with Crippen LogP contribution in [0, 0.1) is 0 Å². The molecule has 76 valence electrons. The second-order valence-electron chi connectivity index (χ2n) is 3.70. The van der Waals surface area contributed by atoms with E-state index >= 15 is 0 Å². The number of carbonyl (C=O) groups excluding carboxylic acids is 2. The molecule has 2 rings (SSSR count). The first-order valence-corrected chi connectivity index (χ1v) is 4.72. The Morgan fingerprint density at radius 1 is 1.29 bits per heavy atom. The van der Waals surface area contributed by atoms with E-state index < -0.39 is 5.97 Å². The van der Waals surface area contributed by atoms with Gasteiger partial charge >= 0.3 is 5.97 Å². The number of rotatable bonds is 0. The molecule has 1 saturated heterocycles. The standard InChI is InChI=1S/C10H12O4/c1-6-4-8-9(14-8)5-7(11)2-3-10(12)13-6/h2-3,6,8-9H,4-5H2,1H3. The highest BCUT2D eigenvalue weighted by molar-refractivity contribution is 5.96. The van der Waals surface area contributed by atoms with Crippen molar-refractivity contribution in [3.8, 4) is 0 Å². The summed E-state index contributed by atoms with van der Waals surface area (Å²) in [5.74, 6) is -0.533. The SMILES string of the molecule is CC1CC2OC2CC(=O)C=CC(=O)O1. The molecule has 0 aliphatic carbocycles. The Balaban J connectivity index is 2.05. The van der Waals surface area contributed by atoms with Crippen molar-refractivity contribution in [2.45, 2.75) is 38.1 Å². The predicted octanol–water partition coefficient (Wildman–Crippen LogP) is 0.605. The van der Waals surface area contributed by atoms with Gasteiger partial charge < -0.3 is 9.47 Å². The highest BCUT2D eigenvalue weighted by Crippen LogP contribution is 2.30. The lowest BCUT2D eigenvalue weighted by atomic mass is 10.1. The van der Waals surface area contributed by atoms with E-state index in [4.69, 9.17) is 9.47 Å². The van der Waals surface area contributed by atoms with E-state index in [-0.39, 0.29) is 24.1 Å². The Kier molecular flexibility index (Phi) is 2.37. The van der Waals surface area contributed by atoms with E-state index in [0.717, 1.165) is 0 Å². The van der Waals surface area contributed by atoms with Gasteiger partial charge in [0.2, 0.25) is 0 Å². The number of ether oxygens (including phenoxy) is 2. The largest absolute Gasteiger partial charge is 0.459 e. The van der Waals surface area contributed by atoms with E-state index in [2.05, 4.69) is 0 Å². The van der Waals surface area contributed by atoms with Crippen LogP contribution in [0.4, 0.5) is 0 Å². The molecule has 4 nitrogen and oxygen atoms in total. The number of hydrogen-bond acceptors (Lipinski definition) is 4. The Labute approximate surface area is 81.9 Å². The second kappa shape index (κ2) is 3.53. The van der Waals surface area contributed by atoms with Crippen LogP contribution in [0.1, 0.15) is 19.8 Å². The molecule has 0 aromatic heterocycles. The molecule has 0 N–H and O–H groups in total. The van der Waals surface area contributed by atoms with Crippen molar-refractivity contribution >= 4 is 11.8 Å². The number of cyclic esters (lactones) is 1. The number of esters is 1. The summed E-state index contributed by atoms with van der Waals surface area (Å²) in [6.45, 7) is 1.83. The van der Waals surface area contributed by atoms with Crippen LogP contribution in [0.2, 0.25) is 0 Å². The van der Waals surface area contributed by atoms with Gasteiger partial charge in [0.15, 0.2) is 5.78 Å². The fourth-order valence-corrected chi connectivity index (χ4v) is 1.61. The lowest BCUT2D eigenvalue weighted by Gasteiger charge is -2.10. The number of epoxide rings is 1. The fraction of sp³-hybridized carbons (Fsp3) is 0.600. The molecule has 0 amide bonds. The smallest absolute Gasteiger partial charge is 0.331 e. The summed E-state index contributed by atoms with van der Waals surface area (Å²) in [5, 5.41) is 0. The van der Waals surface area contributed by atoms with Crippen LogP contribution >= 0.6 is 0 Å². The van der Waals surface area contributed by atoms with E-state index in [1.54, 1.807) is 0 Å². The van der Waals surface area contributed by atoms with Crippen molar-refractivity contribution in [2.75, 3.05) is 0 Å². The van der Waals surface area contributed by atoms with Gasteiger partial charge in [-0.25, -0.2) is 4.79 Å². The Bertz CT molecular complexity index is 294. The molecule has 0 aromatic carbocycles. The van der Waals surface area contributed by atoms with Gasteiger partial charge in [0, 0.05) is 18.9 Å². The maximum atomic E-state index is 11.2. The highest BCUT2D eigenvalue weighted by atomic mass is 16.6. The van der Waals surface area contributed by atoms with Gasteiger partial charge in [0.25, 0.3) is 0 Å². The highest BCUT2D eigenvalue weighted by Gasteiger charge is 2.41. The van der Waals surface area contributed by atoms with Gasteiger partial charge in [-0.15, -0.1) is 0 Å². The minimum Gasteiger partial charge on any atom is -0.459 e. The number of carbonyl (C=O) groups is 2. The quantitative estimate of drug-likeness (QED) is 0.420. The van der Waals surface area contributed by atoms with Gasteiger partial charge in [-0.05, 0) is 13.0 Å². The van der Waals surface area contributed by atoms with Crippen LogP contribution in [-0.4, -0.2) is 30.1 Å². The molecule has 2 heterocycles. The Morgan fingerprint density at radius 3 is 2.86 bits per heavy atom. The van der Waals surface area contributed by atoms with Gasteiger partial charge in [-0.2, -0.15) is 0 Å². The number of fused-ring (bicyclic) bond motifs is 1. The minimum absolute atomic E-state index is 0.0337. The molecular weight excluding hydrogens is 184 g/mol. The van der Waals surface area contributed by atoms with Crippen molar-refractivity contribution in [1.29, 1.82) is 0 Å². The van der Waals surface area contributed by atoms with Crippen molar-refractivity contribution < 1.29 is 19.1 Å². The van der Waals surface area contributed by atoms with E-state index in [1.807, 2.05) is 6.92 Å². The molecule has 3 atom stereocenters. The van der Waals surface area contributed by atoms with Crippen LogP contribution in [0.5, 0.6) is 0 Å². The minimum atomic E-state index is -0.454. The van der Waals surface area contributed by atoms with Crippen LogP contribution in [-0.2, 0) is 19.1 Å². The Morgan fingerprint density at radius 2 is 2.07 bits per heavy atom. The first kappa shape index (κ1) is 9.40. The molecule has 4 heteroatoms. The maximum absolute atomic E-state index is 11.2. The first-order valence-electron chi connectivity index (χ1n) is 4.72. The van der Waals surface area contributed by atoms with Gasteiger partial charge in [0.05, 0.1) is 12.2 Å². The maximum Gasteiger partial charge on any atom is 0.331 e. The Hall–Kier alpha value is -1.16. The van der Waals surface area contributed by atoms with Crippen molar-refractivity contribution in [2.24, 2.45) is 0 Å². The fourth-order valence-electron chi connectivity index (χ4n) is 1.61.